The Balaban J connectivity index is 1.62. The summed E-state index contributed by atoms with van der Waals surface area (Å²) in [5, 5.41) is 117. The van der Waals surface area contributed by atoms with Crippen LogP contribution in [0, 0.1) is 11.3 Å². The van der Waals surface area contributed by atoms with Gasteiger partial charge in [-0.25, -0.2) is 0 Å². The minimum atomic E-state index is -2.01. The Hall–Kier alpha value is -1.91. The van der Waals surface area contributed by atoms with E-state index in [-0.39, 0.29) is 12.0 Å². The first-order valence-electron chi connectivity index (χ1n) is 17.1. The van der Waals surface area contributed by atoms with Crippen molar-refractivity contribution in [3.63, 3.8) is 0 Å². The molecule has 15 unspecified atom stereocenters. The molecule has 15 atom stereocenters. The molecule has 2 fully saturated rings. The molecule has 3 rings (SSSR count). The van der Waals surface area contributed by atoms with Crippen LogP contribution in [0.4, 0.5) is 0 Å². The van der Waals surface area contributed by atoms with Gasteiger partial charge in [0.2, 0.25) is 0 Å². The van der Waals surface area contributed by atoms with Crippen LogP contribution in [-0.4, -0.2) is 168 Å². The second-order valence-corrected chi connectivity index (χ2v) is 14.7. The molecule has 2 aliphatic rings. The van der Waals surface area contributed by atoms with E-state index in [9.17, 15) is 56.2 Å². The zero-order valence-corrected chi connectivity index (χ0v) is 29.6. The Morgan fingerprint density at radius 2 is 1.39 bits per heavy atom. The van der Waals surface area contributed by atoms with Gasteiger partial charge in [-0.3, -0.25) is 0 Å². The van der Waals surface area contributed by atoms with Gasteiger partial charge in [0.1, 0.15) is 79.9 Å². The minimum absolute atomic E-state index is 0.0410. The van der Waals surface area contributed by atoms with Gasteiger partial charge in [-0.2, -0.15) is 0 Å². The molecule has 1 aromatic carbocycles. The fourth-order valence-corrected chi connectivity index (χ4v) is 6.08. The standard InChI is InChI=1S/C34H57NO16/c1-16(2)19(10-34(3,4)5)18-8-6-17(7-9-18)15-47-35-11-20(39)24(41)30(21(40)12-36)50-33-29(46)27(44)31(23(14-38)49-33)51-32-28(45)26(43)25(42)22(13-37)48-32/h6-9,11,16,19-33,36-46H,10,12-15H2,1-5H3. The number of rotatable bonds is 17. The average molecular weight is 736 g/mol. The number of aliphatic hydroxyl groups is 11. The maximum atomic E-state index is 10.9. The molecule has 1 aromatic rings. The Morgan fingerprint density at radius 1 is 0.804 bits per heavy atom. The van der Waals surface area contributed by atoms with Gasteiger partial charge in [0, 0.05) is 0 Å². The van der Waals surface area contributed by atoms with E-state index in [1.807, 2.05) is 24.3 Å². The van der Waals surface area contributed by atoms with E-state index in [1.165, 1.54) is 5.56 Å². The quantitative estimate of drug-likeness (QED) is 0.0580. The molecule has 51 heavy (non-hydrogen) atoms. The summed E-state index contributed by atoms with van der Waals surface area (Å²) < 4.78 is 21.8. The van der Waals surface area contributed by atoms with Crippen LogP contribution in [0.5, 0.6) is 0 Å². The van der Waals surface area contributed by atoms with Crippen molar-refractivity contribution in [2.45, 2.75) is 139 Å². The third-order valence-electron chi connectivity index (χ3n) is 9.07. The van der Waals surface area contributed by atoms with E-state index in [1.54, 1.807) is 0 Å². The molecule has 0 aliphatic carbocycles. The van der Waals surface area contributed by atoms with Gasteiger partial charge in [0.05, 0.1) is 26.0 Å². The van der Waals surface area contributed by atoms with E-state index >= 15 is 0 Å². The summed E-state index contributed by atoms with van der Waals surface area (Å²) in [6, 6.07) is 7.91. The van der Waals surface area contributed by atoms with E-state index < -0.39 is 106 Å². The van der Waals surface area contributed by atoms with Gasteiger partial charge in [-0.05, 0) is 34.8 Å². The molecule has 0 aromatic heterocycles. The summed E-state index contributed by atoms with van der Waals surface area (Å²) in [4.78, 5) is 5.29. The van der Waals surface area contributed by atoms with Crippen molar-refractivity contribution in [3.8, 4) is 0 Å². The first-order valence-corrected chi connectivity index (χ1v) is 17.1. The van der Waals surface area contributed by atoms with Crippen molar-refractivity contribution in [1.29, 1.82) is 0 Å². The van der Waals surface area contributed by atoms with Crippen LogP contribution in [-0.2, 0) is 30.4 Å². The highest BCUT2D eigenvalue weighted by molar-refractivity contribution is 5.63. The lowest BCUT2D eigenvalue weighted by Crippen LogP contribution is -2.65. The molecule has 2 saturated heterocycles. The number of hydrogen-bond acceptors (Lipinski definition) is 17. The van der Waals surface area contributed by atoms with Gasteiger partial charge in [0.15, 0.2) is 12.6 Å². The molecular weight excluding hydrogens is 678 g/mol. The average Bonchev–Trinajstić information content (AvgIpc) is 3.09. The van der Waals surface area contributed by atoms with Crippen LogP contribution in [0.15, 0.2) is 29.4 Å². The van der Waals surface area contributed by atoms with Crippen LogP contribution in [0.1, 0.15) is 58.1 Å². The number of nitrogens with zero attached hydrogens (tertiary/aromatic N) is 1. The predicted molar refractivity (Wildman–Crippen MR) is 178 cm³/mol. The summed E-state index contributed by atoms with van der Waals surface area (Å²) in [6.45, 7) is 8.45. The number of oxime groups is 1. The van der Waals surface area contributed by atoms with E-state index in [4.69, 9.17) is 23.8 Å². The van der Waals surface area contributed by atoms with Crippen LogP contribution in [0.3, 0.4) is 0 Å². The summed E-state index contributed by atoms with van der Waals surface area (Å²) in [5.41, 5.74) is 2.18. The molecule has 0 radical (unpaired) electrons. The van der Waals surface area contributed by atoms with Crippen LogP contribution in [0.25, 0.3) is 0 Å². The van der Waals surface area contributed by atoms with Crippen molar-refractivity contribution < 1.29 is 80.0 Å². The zero-order chi connectivity index (χ0) is 38.2. The fraction of sp³-hybridized carbons (Fsp3) is 0.794. The van der Waals surface area contributed by atoms with Crippen molar-refractivity contribution in [2.75, 3.05) is 19.8 Å². The summed E-state index contributed by atoms with van der Waals surface area (Å²) in [7, 11) is 0. The van der Waals surface area contributed by atoms with E-state index in [2.05, 4.69) is 39.8 Å². The molecule has 2 aliphatic heterocycles. The second kappa shape index (κ2) is 19.4. The normalized spacial score (nSPS) is 33.6. The predicted octanol–water partition coefficient (Wildman–Crippen LogP) is -2.55. The number of aliphatic hydroxyl groups excluding tert-OH is 11. The van der Waals surface area contributed by atoms with Crippen molar-refractivity contribution in [3.05, 3.63) is 35.4 Å². The van der Waals surface area contributed by atoms with Crippen molar-refractivity contribution in [1.82, 2.24) is 0 Å². The molecule has 0 amide bonds. The third-order valence-corrected chi connectivity index (χ3v) is 9.07. The minimum Gasteiger partial charge on any atom is -0.394 e. The van der Waals surface area contributed by atoms with Crippen LogP contribution < -0.4 is 0 Å². The number of hydrogen-bond donors (Lipinski definition) is 11. The molecule has 294 valence electrons. The molecule has 0 saturated carbocycles. The number of ether oxygens (including phenoxy) is 4. The summed E-state index contributed by atoms with van der Waals surface area (Å²) >= 11 is 0. The lowest BCUT2D eigenvalue weighted by Gasteiger charge is -2.46. The van der Waals surface area contributed by atoms with Crippen molar-refractivity contribution >= 4 is 6.21 Å². The van der Waals surface area contributed by atoms with Gasteiger partial charge in [-0.15, -0.1) is 0 Å². The molecule has 0 bridgehead atoms. The maximum absolute atomic E-state index is 10.9. The Bertz CT molecular complexity index is 1180. The molecule has 2 heterocycles. The Kier molecular flexibility index (Phi) is 16.6. The highest BCUT2D eigenvalue weighted by Crippen LogP contribution is 2.36. The summed E-state index contributed by atoms with van der Waals surface area (Å²) in [6.07, 6.45) is -23.1. The number of benzene rings is 1. The fourth-order valence-electron chi connectivity index (χ4n) is 6.08. The maximum Gasteiger partial charge on any atom is 0.187 e. The monoisotopic (exact) mass is 735 g/mol. The highest BCUT2D eigenvalue weighted by atomic mass is 16.7. The largest absolute Gasteiger partial charge is 0.394 e. The lowest BCUT2D eigenvalue weighted by molar-refractivity contribution is -0.367. The van der Waals surface area contributed by atoms with Gasteiger partial charge in [-0.1, -0.05) is 64.0 Å². The molecule has 0 spiro atoms. The first kappa shape index (κ1) is 43.5. The molecular formula is C34H57NO16. The second-order valence-electron chi connectivity index (χ2n) is 14.7. The van der Waals surface area contributed by atoms with E-state index in [0.29, 0.717) is 11.8 Å². The first-order chi connectivity index (χ1) is 23.9. The van der Waals surface area contributed by atoms with E-state index in [0.717, 1.165) is 18.2 Å². The van der Waals surface area contributed by atoms with Crippen molar-refractivity contribution in [2.24, 2.45) is 16.5 Å². The highest BCUT2D eigenvalue weighted by Gasteiger charge is 2.51. The summed E-state index contributed by atoms with van der Waals surface area (Å²) in [5.74, 6) is 0.828. The zero-order valence-electron chi connectivity index (χ0n) is 29.6. The van der Waals surface area contributed by atoms with Gasteiger partial charge >= 0.3 is 0 Å². The Labute approximate surface area is 297 Å². The van der Waals surface area contributed by atoms with Crippen LogP contribution in [0.2, 0.25) is 0 Å². The van der Waals surface area contributed by atoms with Gasteiger partial charge < -0.3 is 80.0 Å². The molecule has 11 N–H and O–H groups in total. The smallest absolute Gasteiger partial charge is 0.187 e. The third kappa shape index (κ3) is 11.5. The van der Waals surface area contributed by atoms with Gasteiger partial charge in [0.25, 0.3) is 0 Å². The lowest BCUT2D eigenvalue weighted by atomic mass is 9.76. The molecule has 17 nitrogen and oxygen atoms in total. The Morgan fingerprint density at radius 3 is 1.94 bits per heavy atom. The van der Waals surface area contributed by atoms with Crippen LogP contribution >= 0.6 is 0 Å². The topological polar surface area (TPSA) is 281 Å². The SMILES string of the molecule is CC(C)C(CC(C)(C)C)c1ccc(CON=CC(O)C(O)C(OC2OC(CO)C(OC3OC(CO)C(O)C(O)C3O)C(O)C2O)C(O)CO)cc1. The molecule has 17 heteroatoms.